The second-order valence-corrected chi connectivity index (χ2v) is 7.44. The third-order valence-corrected chi connectivity index (χ3v) is 5.21. The number of Topliss-reactive ketones (excluding diaryl/α,β-unsaturated/α-hetero) is 2. The molecule has 2 aliphatic rings. The molecule has 3 heteroatoms. The number of aliphatic hydroxyl groups is 1. The number of hydrogen-bond acceptors (Lipinski definition) is 3. The minimum atomic E-state index is 0.120. The Kier molecular flexibility index (Phi) is 7.84. The van der Waals surface area contributed by atoms with Crippen LogP contribution in [-0.4, -0.2) is 16.7 Å². The highest BCUT2D eigenvalue weighted by Gasteiger charge is 2.25. The minimum Gasteiger partial charge on any atom is -0.515 e. The Bertz CT molecular complexity index is 397. The summed E-state index contributed by atoms with van der Waals surface area (Å²) in [6.45, 7) is 8.83. The number of rotatable bonds is 2. The normalized spacial score (nSPS) is 25.5. The van der Waals surface area contributed by atoms with Crippen LogP contribution in [0.2, 0.25) is 0 Å². The van der Waals surface area contributed by atoms with E-state index in [1.54, 1.807) is 0 Å². The number of ketones is 2. The molecular formula is C19H32O3. The molecule has 0 aromatic carbocycles. The fourth-order valence-corrected chi connectivity index (χ4v) is 3.30. The fraction of sp³-hybridized carbons (Fsp3) is 0.789. The van der Waals surface area contributed by atoms with Crippen LogP contribution in [-0.2, 0) is 9.59 Å². The van der Waals surface area contributed by atoms with E-state index in [1.165, 1.54) is 0 Å². The lowest BCUT2D eigenvalue weighted by Crippen LogP contribution is -2.20. The Hall–Kier alpha value is -1.12. The van der Waals surface area contributed by atoms with Crippen molar-refractivity contribution in [3.8, 4) is 0 Å². The fourth-order valence-electron chi connectivity index (χ4n) is 3.30. The molecule has 0 aliphatic heterocycles. The van der Waals surface area contributed by atoms with Gasteiger partial charge in [-0.05, 0) is 49.4 Å². The first-order chi connectivity index (χ1) is 10.3. The van der Waals surface area contributed by atoms with Gasteiger partial charge in [0.15, 0.2) is 5.78 Å². The lowest BCUT2D eigenvalue weighted by atomic mass is 9.79. The maximum atomic E-state index is 11.2. The van der Waals surface area contributed by atoms with Gasteiger partial charge < -0.3 is 5.11 Å². The number of carbonyl (C=O) groups excluding carboxylic acids is 2. The van der Waals surface area contributed by atoms with Gasteiger partial charge in [0.2, 0.25) is 0 Å². The van der Waals surface area contributed by atoms with E-state index in [0.29, 0.717) is 29.6 Å². The zero-order valence-electron chi connectivity index (χ0n) is 14.6. The van der Waals surface area contributed by atoms with Crippen molar-refractivity contribution in [2.45, 2.75) is 72.6 Å². The highest BCUT2D eigenvalue weighted by Crippen LogP contribution is 2.30. The molecule has 1 unspecified atom stereocenters. The first-order valence-electron chi connectivity index (χ1n) is 8.73. The van der Waals surface area contributed by atoms with Gasteiger partial charge in [0.25, 0.3) is 0 Å². The summed E-state index contributed by atoms with van der Waals surface area (Å²) < 4.78 is 0. The van der Waals surface area contributed by atoms with Crippen molar-refractivity contribution in [3.63, 3.8) is 0 Å². The van der Waals surface area contributed by atoms with Crippen LogP contribution in [0, 0.1) is 23.7 Å². The Morgan fingerprint density at radius 2 is 1.41 bits per heavy atom. The van der Waals surface area contributed by atoms with E-state index in [9.17, 15) is 9.59 Å². The van der Waals surface area contributed by atoms with Crippen LogP contribution in [0.4, 0.5) is 0 Å². The summed E-state index contributed by atoms with van der Waals surface area (Å²) in [5, 5.41) is 8.78. The maximum Gasteiger partial charge on any atom is 0.161 e. The zero-order chi connectivity index (χ0) is 16.7. The molecule has 3 nitrogen and oxygen atoms in total. The molecule has 1 N–H and O–H groups in total. The van der Waals surface area contributed by atoms with E-state index in [2.05, 4.69) is 27.7 Å². The van der Waals surface area contributed by atoms with E-state index < -0.39 is 0 Å². The van der Waals surface area contributed by atoms with Crippen LogP contribution in [0.15, 0.2) is 11.8 Å². The van der Waals surface area contributed by atoms with Crippen molar-refractivity contribution >= 4 is 11.6 Å². The number of aliphatic hydroxyl groups excluding tert-OH is 1. The molecule has 22 heavy (non-hydrogen) atoms. The van der Waals surface area contributed by atoms with Gasteiger partial charge in [-0.2, -0.15) is 0 Å². The van der Waals surface area contributed by atoms with Crippen molar-refractivity contribution in [2.75, 3.05) is 0 Å². The van der Waals surface area contributed by atoms with Gasteiger partial charge in [-0.15, -0.1) is 0 Å². The summed E-state index contributed by atoms with van der Waals surface area (Å²) in [6.07, 6.45) is 7.27. The monoisotopic (exact) mass is 308 g/mol. The lowest BCUT2D eigenvalue weighted by Gasteiger charge is -2.25. The molecule has 2 aliphatic carbocycles. The van der Waals surface area contributed by atoms with Crippen LogP contribution in [0.1, 0.15) is 72.6 Å². The molecule has 0 amide bonds. The van der Waals surface area contributed by atoms with Crippen LogP contribution < -0.4 is 0 Å². The molecule has 2 rings (SSSR count). The standard InChI is InChI=1S/C10H16O2.C9H16O/c1-7(2)8-3-4-10(12)9(5-8)6-11;1-7(2)8-3-5-9(10)6-4-8/h6-8,11H,3-5H2,1-2H3;7-8H,3-6H2,1-2H3. The van der Waals surface area contributed by atoms with Gasteiger partial charge in [-0.25, -0.2) is 0 Å². The SMILES string of the molecule is CC(C)C1CCC(=O)C(=CO)C1.CC(C)C1CCC(=O)CC1. The van der Waals surface area contributed by atoms with Crippen molar-refractivity contribution in [3.05, 3.63) is 11.8 Å². The van der Waals surface area contributed by atoms with Crippen molar-refractivity contribution < 1.29 is 14.7 Å². The Balaban J connectivity index is 0.000000224. The molecule has 0 bridgehead atoms. The molecule has 0 heterocycles. The van der Waals surface area contributed by atoms with E-state index in [1.807, 2.05) is 0 Å². The van der Waals surface area contributed by atoms with Crippen LogP contribution in [0.25, 0.3) is 0 Å². The van der Waals surface area contributed by atoms with Crippen LogP contribution in [0.3, 0.4) is 0 Å². The second kappa shape index (κ2) is 9.12. The van der Waals surface area contributed by atoms with Gasteiger partial charge in [0.05, 0.1) is 6.26 Å². The summed E-state index contributed by atoms with van der Waals surface area (Å²) in [6, 6.07) is 0. The molecule has 126 valence electrons. The summed E-state index contributed by atoms with van der Waals surface area (Å²) in [7, 11) is 0. The summed E-state index contributed by atoms with van der Waals surface area (Å²) >= 11 is 0. The quantitative estimate of drug-likeness (QED) is 0.585. The van der Waals surface area contributed by atoms with Crippen molar-refractivity contribution in [1.82, 2.24) is 0 Å². The first kappa shape index (κ1) is 18.9. The molecule has 1 atom stereocenters. The third-order valence-electron chi connectivity index (χ3n) is 5.21. The zero-order valence-corrected chi connectivity index (χ0v) is 14.6. The average molecular weight is 308 g/mol. The maximum absolute atomic E-state index is 11.2. The summed E-state index contributed by atoms with van der Waals surface area (Å²) in [5.74, 6) is 3.35. The molecule has 2 saturated carbocycles. The van der Waals surface area contributed by atoms with E-state index in [4.69, 9.17) is 5.11 Å². The number of carbonyl (C=O) groups is 2. The van der Waals surface area contributed by atoms with Crippen molar-refractivity contribution in [1.29, 1.82) is 0 Å². The average Bonchev–Trinajstić information content (AvgIpc) is 2.48. The molecule has 2 fully saturated rings. The molecule has 0 aromatic rings. The van der Waals surface area contributed by atoms with Gasteiger partial charge in [0, 0.05) is 24.8 Å². The molecule has 0 spiro atoms. The molecular weight excluding hydrogens is 276 g/mol. The van der Waals surface area contributed by atoms with Crippen molar-refractivity contribution in [2.24, 2.45) is 23.7 Å². The van der Waals surface area contributed by atoms with Gasteiger partial charge in [0.1, 0.15) is 5.78 Å². The smallest absolute Gasteiger partial charge is 0.161 e. The summed E-state index contributed by atoms with van der Waals surface area (Å²) in [5.41, 5.74) is 0.611. The highest BCUT2D eigenvalue weighted by molar-refractivity contribution is 5.95. The predicted molar refractivity (Wildman–Crippen MR) is 89.7 cm³/mol. The highest BCUT2D eigenvalue weighted by atomic mass is 16.2. The molecule has 0 aromatic heterocycles. The van der Waals surface area contributed by atoms with Gasteiger partial charge in [-0.3, -0.25) is 9.59 Å². The van der Waals surface area contributed by atoms with Crippen LogP contribution >= 0.6 is 0 Å². The predicted octanol–water partition coefficient (Wildman–Crippen LogP) is 4.86. The van der Waals surface area contributed by atoms with E-state index in [-0.39, 0.29) is 5.78 Å². The van der Waals surface area contributed by atoms with Crippen LogP contribution in [0.5, 0.6) is 0 Å². The number of allylic oxidation sites excluding steroid dienone is 1. The molecule has 0 saturated heterocycles. The second-order valence-electron chi connectivity index (χ2n) is 7.44. The van der Waals surface area contributed by atoms with Gasteiger partial charge in [-0.1, -0.05) is 27.7 Å². The van der Waals surface area contributed by atoms with Gasteiger partial charge >= 0.3 is 0 Å². The molecule has 0 radical (unpaired) electrons. The number of hydrogen-bond donors (Lipinski definition) is 1. The lowest BCUT2D eigenvalue weighted by molar-refractivity contribution is -0.121. The Morgan fingerprint density at radius 3 is 1.86 bits per heavy atom. The van der Waals surface area contributed by atoms with E-state index in [0.717, 1.165) is 56.6 Å². The third kappa shape index (κ3) is 5.94. The Morgan fingerprint density at radius 1 is 0.909 bits per heavy atom. The Labute approximate surface area is 135 Å². The first-order valence-corrected chi connectivity index (χ1v) is 8.73. The summed E-state index contributed by atoms with van der Waals surface area (Å²) in [4.78, 5) is 22.0. The largest absolute Gasteiger partial charge is 0.515 e. The minimum absolute atomic E-state index is 0.120. The van der Waals surface area contributed by atoms with E-state index >= 15 is 0 Å². The topological polar surface area (TPSA) is 54.4 Å².